The minimum absolute atomic E-state index is 0.0262. The van der Waals surface area contributed by atoms with E-state index in [0.29, 0.717) is 6.61 Å². The molecule has 20 heavy (non-hydrogen) atoms. The van der Waals surface area contributed by atoms with Crippen LogP contribution in [0.15, 0.2) is 24.3 Å². The van der Waals surface area contributed by atoms with Gasteiger partial charge in [0.1, 0.15) is 6.04 Å². The Balaban J connectivity index is 1.89. The van der Waals surface area contributed by atoms with Gasteiger partial charge in [0, 0.05) is 12.6 Å². The van der Waals surface area contributed by atoms with Crippen molar-refractivity contribution in [3.8, 4) is 0 Å². The van der Waals surface area contributed by atoms with Crippen molar-refractivity contribution in [2.75, 3.05) is 13.2 Å². The zero-order chi connectivity index (χ0) is 14.5. The Kier molecular flexibility index (Phi) is 5.15. The second kappa shape index (κ2) is 6.86. The molecule has 0 spiro atoms. The number of aryl methyl sites for hydroxylation is 1. The van der Waals surface area contributed by atoms with Gasteiger partial charge in [0.05, 0.1) is 12.7 Å². The molecule has 110 valence electrons. The maximum Gasteiger partial charge on any atom is 0.240 e. The predicted molar refractivity (Wildman–Crippen MR) is 79.7 cm³/mol. The molecule has 1 heterocycles. The summed E-state index contributed by atoms with van der Waals surface area (Å²) >= 11 is 0. The lowest BCUT2D eigenvalue weighted by Crippen LogP contribution is -2.56. The number of rotatable bonds is 4. The lowest BCUT2D eigenvalue weighted by molar-refractivity contribution is -0.129. The first-order valence-electron chi connectivity index (χ1n) is 7.28. The van der Waals surface area contributed by atoms with Crippen molar-refractivity contribution in [2.45, 2.75) is 45.4 Å². The summed E-state index contributed by atoms with van der Waals surface area (Å²) in [6.07, 6.45) is 0.773. The number of carbonyl (C=O) groups excluding carboxylic acids is 1. The molecular formula is C16H24N2O2. The van der Waals surface area contributed by atoms with Gasteiger partial charge < -0.3 is 15.4 Å². The van der Waals surface area contributed by atoms with Crippen LogP contribution < -0.4 is 10.6 Å². The SMILES string of the molecule is Cc1ccccc1CC(C)NC(=O)[C@H]1NCCO[C@@H]1C. The van der Waals surface area contributed by atoms with Gasteiger partial charge in [-0.25, -0.2) is 0 Å². The Hall–Kier alpha value is -1.39. The molecule has 0 aliphatic carbocycles. The standard InChI is InChI=1S/C16H24N2O2/c1-11-6-4-5-7-14(11)10-12(2)18-16(19)15-13(3)20-9-8-17-15/h4-7,12-13,15,17H,8-10H2,1-3H3,(H,18,19)/t12?,13-,15+/m1/s1. The third-order valence-electron chi connectivity index (χ3n) is 3.77. The molecule has 1 aromatic carbocycles. The van der Waals surface area contributed by atoms with E-state index in [-0.39, 0.29) is 24.1 Å². The van der Waals surface area contributed by atoms with E-state index in [1.807, 2.05) is 26.0 Å². The quantitative estimate of drug-likeness (QED) is 0.874. The van der Waals surface area contributed by atoms with Crippen LogP contribution in [0.5, 0.6) is 0 Å². The average Bonchev–Trinajstić information content (AvgIpc) is 2.41. The molecule has 1 aromatic rings. The van der Waals surface area contributed by atoms with Crippen molar-refractivity contribution < 1.29 is 9.53 Å². The Bertz CT molecular complexity index is 462. The molecule has 0 saturated carbocycles. The average molecular weight is 276 g/mol. The summed E-state index contributed by atoms with van der Waals surface area (Å²) in [5, 5.41) is 6.29. The van der Waals surface area contributed by atoms with E-state index in [9.17, 15) is 4.79 Å². The zero-order valence-corrected chi connectivity index (χ0v) is 12.5. The van der Waals surface area contributed by atoms with Gasteiger partial charge >= 0.3 is 0 Å². The Morgan fingerprint density at radius 3 is 2.95 bits per heavy atom. The van der Waals surface area contributed by atoms with E-state index in [4.69, 9.17) is 4.74 Å². The molecule has 2 rings (SSSR count). The maximum atomic E-state index is 12.2. The molecule has 1 aliphatic heterocycles. The van der Waals surface area contributed by atoms with Gasteiger partial charge in [-0.2, -0.15) is 0 Å². The molecule has 0 radical (unpaired) electrons. The topological polar surface area (TPSA) is 50.4 Å². The summed E-state index contributed by atoms with van der Waals surface area (Å²) in [6.45, 7) is 7.47. The molecule has 0 bridgehead atoms. The first-order valence-corrected chi connectivity index (χ1v) is 7.28. The summed E-state index contributed by atoms with van der Waals surface area (Å²) in [5.41, 5.74) is 2.54. The van der Waals surface area contributed by atoms with E-state index >= 15 is 0 Å². The molecule has 1 unspecified atom stereocenters. The molecule has 4 heteroatoms. The summed E-state index contributed by atoms with van der Waals surface area (Å²) in [4.78, 5) is 12.2. The maximum absolute atomic E-state index is 12.2. The van der Waals surface area contributed by atoms with Crippen LogP contribution in [0.4, 0.5) is 0 Å². The first-order chi connectivity index (χ1) is 9.58. The Morgan fingerprint density at radius 1 is 1.50 bits per heavy atom. The van der Waals surface area contributed by atoms with Crippen molar-refractivity contribution in [2.24, 2.45) is 0 Å². The summed E-state index contributed by atoms with van der Waals surface area (Å²) in [5.74, 6) is 0.0262. The fourth-order valence-electron chi connectivity index (χ4n) is 2.58. The molecule has 3 atom stereocenters. The normalized spacial score (nSPS) is 24.1. The lowest BCUT2D eigenvalue weighted by atomic mass is 10.0. The largest absolute Gasteiger partial charge is 0.375 e. The van der Waals surface area contributed by atoms with Crippen molar-refractivity contribution in [3.05, 3.63) is 35.4 Å². The number of ether oxygens (including phenoxy) is 1. The van der Waals surface area contributed by atoms with Crippen LogP contribution in [-0.4, -0.2) is 37.2 Å². The van der Waals surface area contributed by atoms with E-state index in [2.05, 4.69) is 29.7 Å². The highest BCUT2D eigenvalue weighted by molar-refractivity contribution is 5.82. The first kappa shape index (κ1) is 15.0. The Morgan fingerprint density at radius 2 is 2.25 bits per heavy atom. The number of carbonyl (C=O) groups is 1. The highest BCUT2D eigenvalue weighted by Gasteiger charge is 2.28. The van der Waals surface area contributed by atoms with Gasteiger partial charge in [0.15, 0.2) is 0 Å². The van der Waals surface area contributed by atoms with E-state index in [1.54, 1.807) is 0 Å². The van der Waals surface area contributed by atoms with Crippen LogP contribution in [0.25, 0.3) is 0 Å². The highest BCUT2D eigenvalue weighted by atomic mass is 16.5. The van der Waals surface area contributed by atoms with Crippen molar-refractivity contribution >= 4 is 5.91 Å². The van der Waals surface area contributed by atoms with E-state index in [0.717, 1.165) is 13.0 Å². The summed E-state index contributed by atoms with van der Waals surface area (Å²) in [7, 11) is 0. The second-order valence-corrected chi connectivity index (χ2v) is 5.55. The lowest BCUT2D eigenvalue weighted by Gasteiger charge is -2.30. The van der Waals surface area contributed by atoms with Crippen LogP contribution in [0.1, 0.15) is 25.0 Å². The van der Waals surface area contributed by atoms with E-state index < -0.39 is 0 Å². The number of morpholine rings is 1. The molecule has 1 saturated heterocycles. The van der Waals surface area contributed by atoms with E-state index in [1.165, 1.54) is 11.1 Å². The molecule has 2 N–H and O–H groups in total. The minimum Gasteiger partial charge on any atom is -0.375 e. The molecule has 1 aliphatic rings. The molecule has 1 amide bonds. The second-order valence-electron chi connectivity index (χ2n) is 5.55. The molecule has 0 aromatic heterocycles. The van der Waals surface area contributed by atoms with Gasteiger partial charge in [-0.05, 0) is 38.3 Å². The third-order valence-corrected chi connectivity index (χ3v) is 3.77. The van der Waals surface area contributed by atoms with Crippen LogP contribution in [0.2, 0.25) is 0 Å². The van der Waals surface area contributed by atoms with Gasteiger partial charge in [0.25, 0.3) is 0 Å². The van der Waals surface area contributed by atoms with Crippen LogP contribution >= 0.6 is 0 Å². The van der Waals surface area contributed by atoms with Gasteiger partial charge in [0.2, 0.25) is 5.91 Å². The number of hydrogen-bond donors (Lipinski definition) is 2. The molecule has 1 fully saturated rings. The number of hydrogen-bond acceptors (Lipinski definition) is 3. The minimum atomic E-state index is -0.247. The van der Waals surface area contributed by atoms with Crippen LogP contribution in [-0.2, 0) is 16.0 Å². The highest BCUT2D eigenvalue weighted by Crippen LogP contribution is 2.10. The molecule has 4 nitrogen and oxygen atoms in total. The van der Waals surface area contributed by atoms with Crippen LogP contribution in [0, 0.1) is 6.92 Å². The van der Waals surface area contributed by atoms with Gasteiger partial charge in [-0.15, -0.1) is 0 Å². The summed E-state index contributed by atoms with van der Waals surface area (Å²) < 4.78 is 5.51. The fourth-order valence-corrected chi connectivity index (χ4v) is 2.58. The van der Waals surface area contributed by atoms with Crippen molar-refractivity contribution in [1.29, 1.82) is 0 Å². The smallest absolute Gasteiger partial charge is 0.240 e. The van der Waals surface area contributed by atoms with Crippen molar-refractivity contribution in [1.82, 2.24) is 10.6 Å². The number of nitrogens with one attached hydrogen (secondary N) is 2. The molecular weight excluding hydrogens is 252 g/mol. The summed E-state index contributed by atoms with van der Waals surface area (Å²) in [6, 6.07) is 8.15. The van der Waals surface area contributed by atoms with Crippen LogP contribution in [0.3, 0.4) is 0 Å². The predicted octanol–water partition coefficient (Wildman–Crippen LogP) is 1.42. The number of benzene rings is 1. The third kappa shape index (κ3) is 3.81. The Labute approximate surface area is 120 Å². The number of amides is 1. The van der Waals surface area contributed by atoms with Crippen molar-refractivity contribution in [3.63, 3.8) is 0 Å². The van der Waals surface area contributed by atoms with Gasteiger partial charge in [-0.1, -0.05) is 24.3 Å². The monoisotopic (exact) mass is 276 g/mol. The van der Waals surface area contributed by atoms with Gasteiger partial charge in [-0.3, -0.25) is 4.79 Å². The zero-order valence-electron chi connectivity index (χ0n) is 12.5. The fraction of sp³-hybridized carbons (Fsp3) is 0.562.